The van der Waals surface area contributed by atoms with Crippen molar-refractivity contribution in [1.29, 1.82) is 0 Å². The van der Waals surface area contributed by atoms with E-state index in [0.29, 0.717) is 0 Å². The van der Waals surface area contributed by atoms with Gasteiger partial charge in [0.2, 0.25) is 0 Å². The molecule has 1 aromatic heterocycles. The van der Waals surface area contributed by atoms with Gasteiger partial charge in [0.1, 0.15) is 5.75 Å². The van der Waals surface area contributed by atoms with Gasteiger partial charge in [-0.1, -0.05) is 0 Å². The lowest BCUT2D eigenvalue weighted by atomic mass is 10.1. The summed E-state index contributed by atoms with van der Waals surface area (Å²) in [5.74, 6) is -0.716. The normalized spacial score (nSPS) is 10.5. The zero-order valence-corrected chi connectivity index (χ0v) is 9.96. The van der Waals surface area contributed by atoms with Crippen molar-refractivity contribution in [1.82, 2.24) is 4.98 Å². The van der Waals surface area contributed by atoms with Gasteiger partial charge in [-0.2, -0.15) is 0 Å². The lowest BCUT2D eigenvalue weighted by Gasteiger charge is -2.12. The van der Waals surface area contributed by atoms with Crippen LogP contribution in [-0.2, 0) is 16.0 Å². The molecule has 0 bridgehead atoms. The van der Waals surface area contributed by atoms with Gasteiger partial charge in [-0.3, -0.25) is 9.59 Å². The number of carbonyl (C=O) groups excluding carboxylic acids is 1. The van der Waals surface area contributed by atoms with Gasteiger partial charge in [0, 0.05) is 11.6 Å². The predicted molar refractivity (Wildman–Crippen MR) is 58.9 cm³/mol. The number of hydrogen-bond donors (Lipinski definition) is 1. The Morgan fingerprint density at radius 2 is 2.17 bits per heavy atom. The van der Waals surface area contributed by atoms with Crippen molar-refractivity contribution in [2.75, 3.05) is 13.7 Å². The van der Waals surface area contributed by atoms with E-state index in [1.54, 1.807) is 6.92 Å². The summed E-state index contributed by atoms with van der Waals surface area (Å²) in [6.45, 7) is 1.75. The second kappa shape index (κ2) is 6.13. The van der Waals surface area contributed by atoms with E-state index in [4.69, 9.17) is 4.74 Å². The van der Waals surface area contributed by atoms with Gasteiger partial charge in [0.05, 0.1) is 25.8 Å². The average Bonchev–Trinajstić information content (AvgIpc) is 2.30. The maximum atomic E-state index is 12.8. The third-order valence-electron chi connectivity index (χ3n) is 2.21. The number of methoxy groups -OCH3 is 1. The number of rotatable bonds is 5. The van der Waals surface area contributed by atoms with Crippen LogP contribution in [0.2, 0.25) is 0 Å². The van der Waals surface area contributed by atoms with E-state index in [9.17, 15) is 18.4 Å². The summed E-state index contributed by atoms with van der Waals surface area (Å²) in [6, 6.07) is 1.01. The van der Waals surface area contributed by atoms with Crippen LogP contribution in [0.15, 0.2) is 10.9 Å². The molecule has 0 unspecified atom stereocenters. The summed E-state index contributed by atoms with van der Waals surface area (Å²) in [5, 5.41) is 0. The molecule has 18 heavy (non-hydrogen) atoms. The molecule has 1 heterocycles. The highest BCUT2D eigenvalue weighted by Gasteiger charge is 2.21. The van der Waals surface area contributed by atoms with Crippen LogP contribution in [0.25, 0.3) is 0 Å². The first-order valence-corrected chi connectivity index (χ1v) is 5.23. The van der Waals surface area contributed by atoms with Crippen LogP contribution in [0.5, 0.6) is 5.75 Å². The lowest BCUT2D eigenvalue weighted by molar-refractivity contribution is -0.142. The minimum Gasteiger partial charge on any atom is -0.496 e. The lowest BCUT2D eigenvalue weighted by Crippen LogP contribution is -2.17. The first-order chi connectivity index (χ1) is 8.49. The summed E-state index contributed by atoms with van der Waals surface area (Å²) < 4.78 is 35.1. The number of aromatic nitrogens is 1. The maximum Gasteiger partial charge on any atom is 0.310 e. The smallest absolute Gasteiger partial charge is 0.310 e. The number of pyridine rings is 1. The first kappa shape index (κ1) is 14.1. The number of H-pyrrole nitrogens is 1. The van der Waals surface area contributed by atoms with Crippen LogP contribution in [0.1, 0.15) is 24.6 Å². The number of esters is 1. The van der Waals surface area contributed by atoms with Gasteiger partial charge >= 0.3 is 5.97 Å². The second-order valence-electron chi connectivity index (χ2n) is 3.38. The van der Waals surface area contributed by atoms with E-state index < -0.39 is 23.6 Å². The molecule has 1 N–H and O–H groups in total. The van der Waals surface area contributed by atoms with Gasteiger partial charge in [0.25, 0.3) is 12.0 Å². The Labute approximate surface area is 102 Å². The second-order valence-corrected chi connectivity index (χ2v) is 3.38. The summed E-state index contributed by atoms with van der Waals surface area (Å²) in [5.41, 5.74) is -1.40. The molecule has 0 fully saturated rings. The fourth-order valence-corrected chi connectivity index (χ4v) is 1.49. The number of carbonyl (C=O) groups is 1. The molecule has 1 rings (SSSR count). The molecule has 1 aromatic rings. The summed E-state index contributed by atoms with van der Waals surface area (Å²) >= 11 is 0. The monoisotopic (exact) mass is 261 g/mol. The fourth-order valence-electron chi connectivity index (χ4n) is 1.49. The third-order valence-corrected chi connectivity index (χ3v) is 2.21. The van der Waals surface area contributed by atoms with Crippen LogP contribution in [0.4, 0.5) is 8.78 Å². The third kappa shape index (κ3) is 3.28. The van der Waals surface area contributed by atoms with Crippen LogP contribution in [0, 0.1) is 0 Å². The summed E-state index contributed by atoms with van der Waals surface area (Å²) in [6.07, 6.45) is -3.29. The van der Waals surface area contributed by atoms with Crippen molar-refractivity contribution < 1.29 is 23.0 Å². The Balaban J connectivity index is 3.21. The van der Waals surface area contributed by atoms with Crippen molar-refractivity contribution in [2.24, 2.45) is 0 Å². The molecule has 5 nitrogen and oxygen atoms in total. The van der Waals surface area contributed by atoms with Crippen molar-refractivity contribution >= 4 is 5.97 Å². The van der Waals surface area contributed by atoms with E-state index in [1.807, 2.05) is 4.98 Å². The largest absolute Gasteiger partial charge is 0.496 e. The van der Waals surface area contributed by atoms with E-state index in [-0.39, 0.29) is 24.3 Å². The highest BCUT2D eigenvalue weighted by atomic mass is 19.3. The molecule has 0 aliphatic heterocycles. The molecule has 7 heteroatoms. The topological polar surface area (TPSA) is 68.4 Å². The zero-order chi connectivity index (χ0) is 13.7. The predicted octanol–water partition coefficient (Wildman–Crippen LogP) is 1.43. The van der Waals surface area contributed by atoms with Crippen molar-refractivity contribution in [3.8, 4) is 5.75 Å². The zero-order valence-electron chi connectivity index (χ0n) is 9.96. The number of ether oxygens (including phenoxy) is 2. The van der Waals surface area contributed by atoms with Crippen LogP contribution < -0.4 is 10.3 Å². The molecule has 0 saturated carbocycles. The van der Waals surface area contributed by atoms with Crippen molar-refractivity contribution in [2.45, 2.75) is 19.8 Å². The van der Waals surface area contributed by atoms with E-state index in [2.05, 4.69) is 4.74 Å². The van der Waals surface area contributed by atoms with Gasteiger partial charge in [-0.05, 0) is 6.92 Å². The molecule has 0 atom stereocenters. The highest BCUT2D eigenvalue weighted by Crippen LogP contribution is 2.27. The van der Waals surface area contributed by atoms with Crippen LogP contribution >= 0.6 is 0 Å². The van der Waals surface area contributed by atoms with Gasteiger partial charge in [0.15, 0.2) is 0 Å². The quantitative estimate of drug-likeness (QED) is 0.814. The molecular formula is C11H13F2NO4. The minimum atomic E-state index is -2.91. The Hall–Kier alpha value is -1.92. The Kier molecular flexibility index (Phi) is 4.82. The van der Waals surface area contributed by atoms with Crippen LogP contribution in [0.3, 0.4) is 0 Å². The molecule has 0 amide bonds. The number of aromatic amines is 1. The van der Waals surface area contributed by atoms with E-state index in [1.165, 1.54) is 7.11 Å². The molecule has 100 valence electrons. The van der Waals surface area contributed by atoms with E-state index in [0.717, 1.165) is 6.07 Å². The van der Waals surface area contributed by atoms with E-state index >= 15 is 0 Å². The number of halogens is 2. The van der Waals surface area contributed by atoms with Crippen molar-refractivity contribution in [3.63, 3.8) is 0 Å². The molecule has 0 saturated heterocycles. The molecular weight excluding hydrogens is 248 g/mol. The van der Waals surface area contributed by atoms with Crippen LogP contribution in [-0.4, -0.2) is 24.7 Å². The Bertz CT molecular complexity index is 484. The first-order valence-electron chi connectivity index (χ1n) is 5.23. The maximum absolute atomic E-state index is 12.8. The SMILES string of the molecule is CCOC(=O)Cc1c(OC)cc(=O)[nH]c1C(F)F. The average molecular weight is 261 g/mol. The number of alkyl halides is 2. The van der Waals surface area contributed by atoms with Crippen molar-refractivity contribution in [3.05, 3.63) is 27.7 Å². The fraction of sp³-hybridized carbons (Fsp3) is 0.455. The Morgan fingerprint density at radius 1 is 1.50 bits per heavy atom. The van der Waals surface area contributed by atoms with Gasteiger partial charge in [-0.25, -0.2) is 8.78 Å². The summed E-state index contributed by atoms with van der Waals surface area (Å²) in [4.78, 5) is 24.5. The standard InChI is InChI=1S/C11H13F2NO4/c1-3-18-9(16)4-6-7(17-2)5-8(15)14-10(6)11(12)13/h5,11H,3-4H2,1-2H3,(H,14,15). The Morgan fingerprint density at radius 3 is 2.67 bits per heavy atom. The molecule has 0 spiro atoms. The molecule has 0 aliphatic carbocycles. The molecule has 0 aliphatic rings. The van der Waals surface area contributed by atoms with Gasteiger partial charge in [-0.15, -0.1) is 0 Å². The van der Waals surface area contributed by atoms with Gasteiger partial charge < -0.3 is 14.5 Å². The number of nitrogens with one attached hydrogen (secondary N) is 1. The minimum absolute atomic E-state index is 0.0536. The number of hydrogen-bond acceptors (Lipinski definition) is 4. The molecule has 0 radical (unpaired) electrons. The highest BCUT2D eigenvalue weighted by molar-refractivity contribution is 5.74. The molecule has 0 aromatic carbocycles. The summed E-state index contributed by atoms with van der Waals surface area (Å²) in [7, 11) is 1.23.